The van der Waals surface area contributed by atoms with Gasteiger partial charge < -0.3 is 10.2 Å². The van der Waals surface area contributed by atoms with Crippen LogP contribution in [0.1, 0.15) is 50.5 Å². The Hall–Kier alpha value is -1.35. The van der Waals surface area contributed by atoms with Crippen molar-refractivity contribution in [3.63, 3.8) is 0 Å². The molecule has 0 aliphatic heterocycles. The molecule has 1 aromatic carbocycles. The fourth-order valence-corrected chi connectivity index (χ4v) is 2.97. The summed E-state index contributed by atoms with van der Waals surface area (Å²) >= 11 is 0. The average Bonchev–Trinajstić information content (AvgIpc) is 2.59. The highest BCUT2D eigenvalue weighted by atomic mass is 19.4. The molecule has 2 nitrogen and oxygen atoms in total. The number of aliphatic hydroxyl groups is 2. The van der Waals surface area contributed by atoms with Crippen LogP contribution in [0.5, 0.6) is 0 Å². The molecule has 0 fully saturated rings. The topological polar surface area (TPSA) is 40.5 Å². The first-order valence-corrected chi connectivity index (χ1v) is 9.04. The molecule has 0 bridgehead atoms. The molecule has 162 valence electrons. The fraction of sp³-hybridized carbons (Fsp3) is 0.684. The zero-order valence-electron chi connectivity index (χ0n) is 15.3. The predicted octanol–water partition coefficient (Wildman–Crippen LogP) is 5.52. The van der Waals surface area contributed by atoms with E-state index in [1.165, 1.54) is 0 Å². The predicted molar refractivity (Wildman–Crippen MR) is 90.4 cm³/mol. The SMILES string of the molecule is OCCCCCCC(O)(CCc1ccccc1)CC(F)(F)C(F)(F)C(F)(F)F. The Balaban J connectivity index is 2.91. The summed E-state index contributed by atoms with van der Waals surface area (Å²) in [6.45, 7) is -0.0752. The molecule has 28 heavy (non-hydrogen) atoms. The summed E-state index contributed by atoms with van der Waals surface area (Å²) in [4.78, 5) is 0. The summed E-state index contributed by atoms with van der Waals surface area (Å²) in [5.41, 5.74) is -1.74. The van der Waals surface area contributed by atoms with Crippen LogP contribution >= 0.6 is 0 Å². The number of benzene rings is 1. The molecule has 2 N–H and O–H groups in total. The third-order valence-electron chi connectivity index (χ3n) is 4.64. The number of aliphatic hydroxyl groups excluding tert-OH is 1. The van der Waals surface area contributed by atoms with Crippen molar-refractivity contribution >= 4 is 0 Å². The van der Waals surface area contributed by atoms with Crippen molar-refractivity contribution in [2.75, 3.05) is 6.61 Å². The van der Waals surface area contributed by atoms with E-state index in [2.05, 4.69) is 0 Å². The molecule has 1 rings (SSSR count). The van der Waals surface area contributed by atoms with Crippen LogP contribution in [0.15, 0.2) is 30.3 Å². The monoisotopic (exact) mass is 418 g/mol. The van der Waals surface area contributed by atoms with E-state index >= 15 is 0 Å². The van der Waals surface area contributed by atoms with E-state index in [1.807, 2.05) is 0 Å². The first kappa shape index (κ1) is 24.7. The summed E-state index contributed by atoms with van der Waals surface area (Å²) in [7, 11) is 0. The van der Waals surface area contributed by atoms with Crippen LogP contribution in [-0.2, 0) is 6.42 Å². The van der Waals surface area contributed by atoms with Crippen LogP contribution < -0.4 is 0 Å². The van der Waals surface area contributed by atoms with E-state index in [1.54, 1.807) is 30.3 Å². The van der Waals surface area contributed by atoms with Gasteiger partial charge in [-0.1, -0.05) is 49.6 Å². The molecular weight excluding hydrogens is 393 g/mol. The van der Waals surface area contributed by atoms with E-state index in [0.717, 1.165) is 0 Å². The molecule has 1 atom stereocenters. The Labute approximate surface area is 159 Å². The van der Waals surface area contributed by atoms with E-state index in [-0.39, 0.29) is 32.3 Å². The summed E-state index contributed by atoms with van der Waals surface area (Å²) in [6.07, 6.45) is -7.49. The van der Waals surface area contributed by atoms with E-state index in [0.29, 0.717) is 24.8 Å². The first-order chi connectivity index (χ1) is 12.8. The van der Waals surface area contributed by atoms with E-state index < -0.39 is 30.0 Å². The lowest BCUT2D eigenvalue weighted by molar-refractivity contribution is -0.361. The lowest BCUT2D eigenvalue weighted by Gasteiger charge is -2.36. The summed E-state index contributed by atoms with van der Waals surface area (Å²) < 4.78 is 91.6. The molecule has 0 aromatic heterocycles. The Morgan fingerprint density at radius 3 is 1.86 bits per heavy atom. The highest BCUT2D eigenvalue weighted by molar-refractivity contribution is 5.15. The van der Waals surface area contributed by atoms with Gasteiger partial charge in [-0.15, -0.1) is 0 Å². The van der Waals surface area contributed by atoms with Crippen LogP contribution in [0.2, 0.25) is 0 Å². The molecule has 0 saturated heterocycles. The third-order valence-corrected chi connectivity index (χ3v) is 4.64. The zero-order valence-corrected chi connectivity index (χ0v) is 15.3. The molecule has 0 aliphatic rings. The van der Waals surface area contributed by atoms with Crippen LogP contribution in [0.3, 0.4) is 0 Å². The van der Waals surface area contributed by atoms with Crippen molar-refractivity contribution in [2.45, 2.75) is 75.0 Å². The quantitative estimate of drug-likeness (QED) is 0.347. The molecule has 0 amide bonds. The van der Waals surface area contributed by atoms with E-state index in [4.69, 9.17) is 5.11 Å². The molecule has 0 saturated carbocycles. The third kappa shape index (κ3) is 6.92. The van der Waals surface area contributed by atoms with Crippen LogP contribution in [0.25, 0.3) is 0 Å². The lowest BCUT2D eigenvalue weighted by atomic mass is 9.83. The molecule has 0 radical (unpaired) electrons. The first-order valence-electron chi connectivity index (χ1n) is 9.04. The Morgan fingerprint density at radius 1 is 0.750 bits per heavy atom. The van der Waals surface area contributed by atoms with Gasteiger partial charge in [0.2, 0.25) is 0 Å². The second kappa shape index (κ2) is 9.91. The number of alkyl halides is 7. The van der Waals surface area contributed by atoms with Crippen LogP contribution in [-0.4, -0.2) is 40.4 Å². The van der Waals surface area contributed by atoms with Gasteiger partial charge in [0.15, 0.2) is 0 Å². The van der Waals surface area contributed by atoms with E-state index in [9.17, 15) is 35.8 Å². The fourth-order valence-electron chi connectivity index (χ4n) is 2.97. The van der Waals surface area contributed by atoms with Gasteiger partial charge in [0.1, 0.15) is 0 Å². The smallest absolute Gasteiger partial charge is 0.396 e. The second-order valence-corrected chi connectivity index (χ2v) is 7.05. The molecule has 1 aromatic rings. The lowest BCUT2D eigenvalue weighted by Crippen LogP contribution is -2.55. The van der Waals surface area contributed by atoms with Gasteiger partial charge in [0.05, 0.1) is 5.60 Å². The highest BCUT2D eigenvalue weighted by Gasteiger charge is 2.73. The number of unbranched alkanes of at least 4 members (excludes halogenated alkanes) is 3. The minimum absolute atomic E-state index is 0.0572. The standard InChI is InChI=1S/C19H25F7O2/c20-17(21,18(22,23)19(24,25)26)14-16(28,11-6-1-2-7-13-27)12-10-15-8-4-3-5-9-15/h3-5,8-9,27-28H,1-2,6-7,10-14H2. The van der Waals surface area contributed by atoms with Crippen molar-refractivity contribution < 1.29 is 40.9 Å². The number of aryl methyl sites for hydroxylation is 1. The number of hydrogen-bond donors (Lipinski definition) is 2. The van der Waals surface area contributed by atoms with Crippen molar-refractivity contribution in [2.24, 2.45) is 0 Å². The van der Waals surface area contributed by atoms with Crippen molar-refractivity contribution in [3.8, 4) is 0 Å². The molecule has 1 unspecified atom stereocenters. The maximum atomic E-state index is 13.9. The molecular formula is C19H25F7O2. The second-order valence-electron chi connectivity index (χ2n) is 7.05. The normalized spacial score (nSPS) is 15.5. The molecule has 0 aliphatic carbocycles. The molecule has 0 spiro atoms. The summed E-state index contributed by atoms with van der Waals surface area (Å²) in [6, 6.07) is 8.31. The summed E-state index contributed by atoms with van der Waals surface area (Å²) in [5.74, 6) is -11.7. The minimum Gasteiger partial charge on any atom is -0.396 e. The van der Waals surface area contributed by atoms with Gasteiger partial charge in [-0.25, -0.2) is 0 Å². The zero-order chi connectivity index (χ0) is 21.5. The number of rotatable bonds is 12. The Bertz CT molecular complexity index is 575. The van der Waals surface area contributed by atoms with Gasteiger partial charge in [-0.2, -0.15) is 30.7 Å². The highest BCUT2D eigenvalue weighted by Crippen LogP contribution is 2.50. The van der Waals surface area contributed by atoms with Gasteiger partial charge in [0.25, 0.3) is 0 Å². The van der Waals surface area contributed by atoms with Crippen LogP contribution in [0, 0.1) is 0 Å². The van der Waals surface area contributed by atoms with Gasteiger partial charge in [-0.3, -0.25) is 0 Å². The molecule has 0 heterocycles. The minimum atomic E-state index is -6.42. The largest absolute Gasteiger partial charge is 0.459 e. The maximum absolute atomic E-state index is 13.9. The molecule has 9 heteroatoms. The maximum Gasteiger partial charge on any atom is 0.459 e. The number of halogens is 7. The average molecular weight is 418 g/mol. The van der Waals surface area contributed by atoms with Crippen molar-refractivity contribution in [1.29, 1.82) is 0 Å². The number of hydrogen-bond acceptors (Lipinski definition) is 2. The Morgan fingerprint density at radius 2 is 1.32 bits per heavy atom. The Kier molecular flexibility index (Phi) is 8.74. The van der Waals surface area contributed by atoms with Gasteiger partial charge in [-0.05, 0) is 31.2 Å². The van der Waals surface area contributed by atoms with Gasteiger partial charge in [0, 0.05) is 13.0 Å². The van der Waals surface area contributed by atoms with Crippen molar-refractivity contribution in [1.82, 2.24) is 0 Å². The summed E-state index contributed by atoms with van der Waals surface area (Å²) in [5, 5.41) is 19.3. The van der Waals surface area contributed by atoms with Gasteiger partial charge >= 0.3 is 18.0 Å². The van der Waals surface area contributed by atoms with Crippen molar-refractivity contribution in [3.05, 3.63) is 35.9 Å². The van der Waals surface area contributed by atoms with Crippen LogP contribution in [0.4, 0.5) is 30.7 Å².